The van der Waals surface area contributed by atoms with E-state index in [1.807, 2.05) is 0 Å². The van der Waals surface area contributed by atoms with Crippen molar-refractivity contribution >= 4 is 44.1 Å². The molecule has 25 heavy (non-hydrogen) atoms. The highest BCUT2D eigenvalue weighted by Gasteiger charge is 2.29. The second kappa shape index (κ2) is 7.29. The Hall–Kier alpha value is -1.67. The topological polar surface area (TPSA) is 73.2 Å². The number of fused-ring (bicyclic) bond motifs is 1. The minimum atomic E-state index is -0.370. The number of anilines is 1. The second-order valence-electron chi connectivity index (χ2n) is 6.23. The van der Waals surface area contributed by atoms with Crippen LogP contribution in [0.2, 0.25) is 0 Å². The summed E-state index contributed by atoms with van der Waals surface area (Å²) in [6, 6.07) is 0. The summed E-state index contributed by atoms with van der Waals surface area (Å²) in [7, 11) is 1.75. The number of hydrogen-bond donors (Lipinski definition) is 1. The monoisotopic (exact) mass is 425 g/mol. The van der Waals surface area contributed by atoms with E-state index in [9.17, 15) is 9.59 Å². The van der Waals surface area contributed by atoms with Gasteiger partial charge in [-0.05, 0) is 53.6 Å². The number of hydrogen-bond acceptors (Lipinski definition) is 5. The standard InChI is InChI=1S/C17H20BrN3O3S/c1-4-24-17(23)13-10-6-5-9(2)7-12(10)25-16(13)19-15(22)14-11(18)8-21(3)20-14/h8-9H,4-7H2,1-3H3,(H,19,22)/t9-/m1/s1. The summed E-state index contributed by atoms with van der Waals surface area (Å²) in [4.78, 5) is 26.2. The summed E-state index contributed by atoms with van der Waals surface area (Å²) < 4.78 is 7.40. The highest BCUT2D eigenvalue weighted by Crippen LogP contribution is 2.40. The van der Waals surface area contributed by atoms with Gasteiger partial charge in [0.25, 0.3) is 5.91 Å². The minimum Gasteiger partial charge on any atom is -0.462 e. The molecule has 0 spiro atoms. The summed E-state index contributed by atoms with van der Waals surface area (Å²) >= 11 is 4.81. The highest BCUT2D eigenvalue weighted by molar-refractivity contribution is 9.10. The molecule has 6 nitrogen and oxygen atoms in total. The lowest BCUT2D eigenvalue weighted by Crippen LogP contribution is -2.17. The van der Waals surface area contributed by atoms with E-state index in [4.69, 9.17) is 4.74 Å². The van der Waals surface area contributed by atoms with Crippen LogP contribution >= 0.6 is 27.3 Å². The third-order valence-corrected chi connectivity index (χ3v) is 5.97. The Bertz CT molecular complexity index is 827. The van der Waals surface area contributed by atoms with E-state index in [1.54, 1.807) is 24.9 Å². The molecule has 0 aliphatic heterocycles. The first-order valence-electron chi connectivity index (χ1n) is 8.22. The molecule has 0 fully saturated rings. The molecule has 0 bridgehead atoms. The van der Waals surface area contributed by atoms with Crippen LogP contribution in [0.4, 0.5) is 5.00 Å². The van der Waals surface area contributed by atoms with Crippen molar-refractivity contribution < 1.29 is 14.3 Å². The molecule has 134 valence electrons. The number of rotatable bonds is 4. The molecule has 0 aromatic carbocycles. The highest BCUT2D eigenvalue weighted by atomic mass is 79.9. The molecule has 0 saturated carbocycles. The smallest absolute Gasteiger partial charge is 0.341 e. The van der Waals surface area contributed by atoms with Crippen molar-refractivity contribution in [2.75, 3.05) is 11.9 Å². The summed E-state index contributed by atoms with van der Waals surface area (Å²) in [5.41, 5.74) is 1.82. The molecule has 8 heteroatoms. The molecule has 2 aromatic heterocycles. The van der Waals surface area contributed by atoms with Crippen molar-refractivity contribution in [3.8, 4) is 0 Å². The maximum atomic E-state index is 12.6. The van der Waals surface area contributed by atoms with Gasteiger partial charge in [0.1, 0.15) is 5.00 Å². The van der Waals surface area contributed by atoms with Crippen molar-refractivity contribution in [3.05, 3.63) is 32.4 Å². The van der Waals surface area contributed by atoms with Gasteiger partial charge in [-0.15, -0.1) is 11.3 Å². The van der Waals surface area contributed by atoms with E-state index >= 15 is 0 Å². The Balaban J connectivity index is 1.96. The van der Waals surface area contributed by atoms with Crippen molar-refractivity contribution in [3.63, 3.8) is 0 Å². The van der Waals surface area contributed by atoms with Crippen LogP contribution in [0.1, 0.15) is 51.6 Å². The van der Waals surface area contributed by atoms with Gasteiger partial charge in [0, 0.05) is 18.1 Å². The number of carbonyl (C=O) groups excluding carboxylic acids is 2. The van der Waals surface area contributed by atoms with Gasteiger partial charge in [0.05, 0.1) is 16.6 Å². The fourth-order valence-electron chi connectivity index (χ4n) is 3.03. The van der Waals surface area contributed by atoms with E-state index in [1.165, 1.54) is 11.3 Å². The first-order valence-corrected chi connectivity index (χ1v) is 9.83. The number of halogens is 1. The fourth-order valence-corrected chi connectivity index (χ4v) is 4.98. The zero-order valence-corrected chi connectivity index (χ0v) is 16.8. The van der Waals surface area contributed by atoms with Crippen LogP contribution in [0.15, 0.2) is 10.7 Å². The molecule has 0 unspecified atom stereocenters. The van der Waals surface area contributed by atoms with Gasteiger partial charge in [-0.1, -0.05) is 6.92 Å². The minimum absolute atomic E-state index is 0.289. The number of aryl methyl sites for hydroxylation is 1. The van der Waals surface area contributed by atoms with Gasteiger partial charge in [0.15, 0.2) is 5.69 Å². The van der Waals surface area contributed by atoms with Crippen molar-refractivity contribution in [2.45, 2.75) is 33.1 Å². The summed E-state index contributed by atoms with van der Waals surface area (Å²) in [5, 5.41) is 7.58. The average molecular weight is 426 g/mol. The second-order valence-corrected chi connectivity index (χ2v) is 8.19. The maximum Gasteiger partial charge on any atom is 0.341 e. The van der Waals surface area contributed by atoms with Crippen molar-refractivity contribution in [2.24, 2.45) is 13.0 Å². The number of carbonyl (C=O) groups is 2. The van der Waals surface area contributed by atoms with E-state index in [-0.39, 0.29) is 17.6 Å². The van der Waals surface area contributed by atoms with Gasteiger partial charge in [0.2, 0.25) is 0 Å². The third-order valence-electron chi connectivity index (χ3n) is 4.22. The quantitative estimate of drug-likeness (QED) is 0.755. The van der Waals surface area contributed by atoms with Crippen LogP contribution < -0.4 is 5.32 Å². The van der Waals surface area contributed by atoms with Crippen molar-refractivity contribution in [1.82, 2.24) is 9.78 Å². The van der Waals surface area contributed by atoms with E-state index < -0.39 is 0 Å². The Morgan fingerprint density at radius 2 is 2.28 bits per heavy atom. The molecule has 3 rings (SSSR count). The number of esters is 1. The first-order chi connectivity index (χ1) is 11.9. The van der Waals surface area contributed by atoms with Gasteiger partial charge in [-0.25, -0.2) is 4.79 Å². The summed E-state index contributed by atoms with van der Waals surface area (Å²) in [5.74, 6) is -0.135. The predicted octanol–water partition coefficient (Wildman–Crippen LogP) is 3.80. The zero-order chi connectivity index (χ0) is 18.1. The van der Waals surface area contributed by atoms with Gasteiger partial charge < -0.3 is 10.1 Å². The number of ether oxygens (including phenoxy) is 1. The molecule has 1 aliphatic rings. The summed E-state index contributed by atoms with van der Waals surface area (Å²) in [6.45, 7) is 4.29. The van der Waals surface area contributed by atoms with E-state index in [0.29, 0.717) is 27.6 Å². The lowest BCUT2D eigenvalue weighted by molar-refractivity contribution is 0.0526. The first kappa shape index (κ1) is 18.1. The Morgan fingerprint density at radius 3 is 2.92 bits per heavy atom. The molecular formula is C17H20BrN3O3S. The molecule has 2 aromatic rings. The Morgan fingerprint density at radius 1 is 1.52 bits per heavy atom. The Kier molecular flexibility index (Phi) is 5.29. The molecule has 2 heterocycles. The van der Waals surface area contributed by atoms with Crippen LogP contribution in [0.5, 0.6) is 0 Å². The molecule has 1 aliphatic carbocycles. The molecule has 0 saturated heterocycles. The third kappa shape index (κ3) is 3.64. The van der Waals surface area contributed by atoms with Gasteiger partial charge in [-0.2, -0.15) is 5.10 Å². The maximum absolute atomic E-state index is 12.6. The lowest BCUT2D eigenvalue weighted by Gasteiger charge is -2.18. The van der Waals surface area contributed by atoms with E-state index in [0.717, 1.165) is 29.7 Å². The molecule has 1 amide bonds. The largest absolute Gasteiger partial charge is 0.462 e. The van der Waals surface area contributed by atoms with Crippen LogP contribution in [-0.4, -0.2) is 28.3 Å². The van der Waals surface area contributed by atoms with Crippen LogP contribution in [-0.2, 0) is 24.6 Å². The normalized spacial score (nSPS) is 16.4. The van der Waals surface area contributed by atoms with Crippen LogP contribution in [0.3, 0.4) is 0 Å². The lowest BCUT2D eigenvalue weighted by atomic mass is 9.88. The number of amides is 1. The number of thiophene rings is 1. The molecule has 0 radical (unpaired) electrons. The van der Waals surface area contributed by atoms with Crippen LogP contribution in [0, 0.1) is 5.92 Å². The average Bonchev–Trinajstić information content (AvgIpc) is 3.06. The van der Waals surface area contributed by atoms with Crippen LogP contribution in [0.25, 0.3) is 0 Å². The number of aromatic nitrogens is 2. The van der Waals surface area contributed by atoms with Crippen molar-refractivity contribution in [1.29, 1.82) is 0 Å². The SMILES string of the molecule is CCOC(=O)c1c(NC(=O)c2nn(C)cc2Br)sc2c1CC[C@@H](C)C2. The molecular weight excluding hydrogens is 406 g/mol. The zero-order valence-electron chi connectivity index (χ0n) is 14.4. The fraction of sp³-hybridized carbons (Fsp3) is 0.471. The number of nitrogens with zero attached hydrogens (tertiary/aromatic N) is 2. The predicted molar refractivity (Wildman–Crippen MR) is 100 cm³/mol. The van der Waals surface area contributed by atoms with E-state index in [2.05, 4.69) is 33.3 Å². The Labute approximate surface area is 158 Å². The molecule has 1 N–H and O–H groups in total. The van der Waals surface area contributed by atoms with Gasteiger partial charge >= 0.3 is 5.97 Å². The number of nitrogens with one attached hydrogen (secondary N) is 1. The van der Waals surface area contributed by atoms with Gasteiger partial charge in [-0.3, -0.25) is 9.48 Å². The molecule has 1 atom stereocenters. The summed E-state index contributed by atoms with van der Waals surface area (Å²) in [6.07, 6.45) is 4.51.